The van der Waals surface area contributed by atoms with E-state index in [1.54, 1.807) is 46.1 Å². The Labute approximate surface area is 173 Å². The maximum atomic E-state index is 12.9. The molecule has 1 aromatic heterocycles. The van der Waals surface area contributed by atoms with Crippen molar-refractivity contribution in [3.05, 3.63) is 39.8 Å². The molecule has 0 fully saturated rings. The molecule has 0 aliphatic rings. The molecule has 1 N–H and O–H groups in total. The van der Waals surface area contributed by atoms with E-state index in [0.29, 0.717) is 21.9 Å². The molecule has 8 nitrogen and oxygen atoms in total. The lowest BCUT2D eigenvalue weighted by Crippen LogP contribution is -2.21. The molecule has 29 heavy (non-hydrogen) atoms. The van der Waals surface area contributed by atoms with Crippen molar-refractivity contribution in [2.24, 2.45) is 0 Å². The molecule has 1 aromatic carbocycles. The number of nitrogens with one attached hydrogen (secondary N) is 1. The van der Waals surface area contributed by atoms with Gasteiger partial charge in [0.2, 0.25) is 0 Å². The number of nitrogens with zero attached hydrogens (tertiary/aromatic N) is 1. The summed E-state index contributed by atoms with van der Waals surface area (Å²) in [5.41, 5.74) is 0.890. The standard InChI is InChI=1S/C20H24N2O6S/c1-7-28-20(25)15-11(2)16(19(24)22(3)4)29-18(15)21-17(23)13-9-8-12(26-5)10-14(13)27-6/h8-10H,7H2,1-6H3,(H,21,23). The van der Waals surface area contributed by atoms with Crippen molar-refractivity contribution in [3.63, 3.8) is 0 Å². The van der Waals surface area contributed by atoms with E-state index in [1.165, 1.54) is 19.1 Å². The molecule has 2 rings (SSSR count). The van der Waals surface area contributed by atoms with Gasteiger partial charge >= 0.3 is 5.97 Å². The normalized spacial score (nSPS) is 10.3. The first kappa shape index (κ1) is 22.2. The van der Waals surface area contributed by atoms with Crippen LogP contribution in [0, 0.1) is 6.92 Å². The highest BCUT2D eigenvalue weighted by atomic mass is 32.1. The minimum absolute atomic E-state index is 0.169. The average Bonchev–Trinajstić information content (AvgIpc) is 3.02. The van der Waals surface area contributed by atoms with E-state index in [0.717, 1.165) is 11.3 Å². The first-order chi connectivity index (χ1) is 13.7. The van der Waals surface area contributed by atoms with Crippen LogP contribution in [0.15, 0.2) is 18.2 Å². The molecule has 0 spiro atoms. The molecule has 0 aliphatic heterocycles. The number of anilines is 1. The molecule has 1 heterocycles. The first-order valence-electron chi connectivity index (χ1n) is 8.80. The van der Waals surface area contributed by atoms with Gasteiger partial charge in [-0.1, -0.05) is 0 Å². The summed E-state index contributed by atoms with van der Waals surface area (Å²) in [6.07, 6.45) is 0. The second-order valence-corrected chi connectivity index (χ2v) is 7.22. The molecule has 0 bridgehead atoms. The monoisotopic (exact) mass is 420 g/mol. The van der Waals surface area contributed by atoms with Crippen molar-refractivity contribution in [1.29, 1.82) is 0 Å². The Bertz CT molecular complexity index is 935. The quantitative estimate of drug-likeness (QED) is 0.692. The van der Waals surface area contributed by atoms with Gasteiger partial charge in [0.15, 0.2) is 0 Å². The second-order valence-electron chi connectivity index (χ2n) is 6.20. The highest BCUT2D eigenvalue weighted by Gasteiger charge is 2.28. The lowest BCUT2D eigenvalue weighted by molar-refractivity contribution is 0.0527. The minimum atomic E-state index is -0.601. The fourth-order valence-electron chi connectivity index (χ4n) is 2.61. The number of methoxy groups -OCH3 is 2. The fraction of sp³-hybridized carbons (Fsp3) is 0.350. The Kier molecular flexibility index (Phi) is 7.22. The maximum Gasteiger partial charge on any atom is 0.341 e. The van der Waals surface area contributed by atoms with E-state index in [4.69, 9.17) is 14.2 Å². The highest BCUT2D eigenvalue weighted by Crippen LogP contribution is 2.35. The Morgan fingerprint density at radius 1 is 1.14 bits per heavy atom. The average molecular weight is 420 g/mol. The fourth-order valence-corrected chi connectivity index (χ4v) is 3.83. The van der Waals surface area contributed by atoms with Crippen LogP contribution >= 0.6 is 11.3 Å². The van der Waals surface area contributed by atoms with E-state index < -0.39 is 11.9 Å². The minimum Gasteiger partial charge on any atom is -0.497 e. The van der Waals surface area contributed by atoms with Gasteiger partial charge in [-0.15, -0.1) is 11.3 Å². The van der Waals surface area contributed by atoms with Crippen molar-refractivity contribution < 1.29 is 28.6 Å². The molecule has 0 radical (unpaired) electrons. The zero-order chi connectivity index (χ0) is 21.7. The van der Waals surface area contributed by atoms with Crippen LogP contribution in [0.25, 0.3) is 0 Å². The number of carbonyl (C=O) groups excluding carboxylic acids is 3. The van der Waals surface area contributed by atoms with Crippen LogP contribution in [0.1, 0.15) is 42.9 Å². The molecular weight excluding hydrogens is 396 g/mol. The van der Waals surface area contributed by atoms with Crippen molar-refractivity contribution in [1.82, 2.24) is 4.90 Å². The Morgan fingerprint density at radius 2 is 1.83 bits per heavy atom. The third kappa shape index (κ3) is 4.68. The van der Waals surface area contributed by atoms with E-state index >= 15 is 0 Å². The Hall–Kier alpha value is -3.07. The van der Waals surface area contributed by atoms with Gasteiger partial charge < -0.3 is 24.4 Å². The molecule has 0 aliphatic carbocycles. The predicted molar refractivity (Wildman–Crippen MR) is 111 cm³/mol. The molecule has 0 atom stereocenters. The molecule has 156 valence electrons. The number of ether oxygens (including phenoxy) is 3. The van der Waals surface area contributed by atoms with Gasteiger partial charge in [0.05, 0.1) is 36.8 Å². The van der Waals surface area contributed by atoms with Gasteiger partial charge in [-0.2, -0.15) is 0 Å². The molecular formula is C20H24N2O6S. The van der Waals surface area contributed by atoms with Crippen LogP contribution in [0.3, 0.4) is 0 Å². The smallest absolute Gasteiger partial charge is 0.341 e. The molecule has 9 heteroatoms. The van der Waals surface area contributed by atoms with Crippen LogP contribution in [-0.2, 0) is 4.74 Å². The number of thiophene rings is 1. The summed E-state index contributed by atoms with van der Waals surface area (Å²) in [5.74, 6) is -0.495. The van der Waals surface area contributed by atoms with Gasteiger partial charge in [-0.05, 0) is 31.5 Å². The van der Waals surface area contributed by atoms with E-state index in [2.05, 4.69) is 5.32 Å². The lowest BCUT2D eigenvalue weighted by atomic mass is 10.1. The first-order valence-corrected chi connectivity index (χ1v) is 9.62. The molecule has 0 saturated heterocycles. The molecule has 0 saturated carbocycles. The van der Waals surface area contributed by atoms with Gasteiger partial charge in [0, 0.05) is 20.2 Å². The summed E-state index contributed by atoms with van der Waals surface area (Å²) in [7, 11) is 6.19. The maximum absolute atomic E-state index is 12.9. The number of benzene rings is 1. The van der Waals surface area contributed by atoms with Crippen LogP contribution in [0.2, 0.25) is 0 Å². The van der Waals surface area contributed by atoms with Crippen LogP contribution in [-0.4, -0.2) is 57.6 Å². The largest absolute Gasteiger partial charge is 0.497 e. The summed E-state index contributed by atoms with van der Waals surface area (Å²) in [6, 6.07) is 4.77. The Morgan fingerprint density at radius 3 is 2.38 bits per heavy atom. The summed E-state index contributed by atoms with van der Waals surface area (Å²) < 4.78 is 15.5. The zero-order valence-corrected chi connectivity index (χ0v) is 18.1. The summed E-state index contributed by atoms with van der Waals surface area (Å²) >= 11 is 1.03. The van der Waals surface area contributed by atoms with Crippen molar-refractivity contribution in [2.45, 2.75) is 13.8 Å². The zero-order valence-electron chi connectivity index (χ0n) is 17.2. The third-order valence-corrected chi connectivity index (χ3v) is 5.30. The number of esters is 1. The predicted octanol–water partition coefficient (Wildman–Crippen LogP) is 3.20. The number of hydrogen-bond acceptors (Lipinski definition) is 7. The summed E-state index contributed by atoms with van der Waals surface area (Å²) in [6.45, 7) is 3.51. The SMILES string of the molecule is CCOC(=O)c1c(NC(=O)c2ccc(OC)cc2OC)sc(C(=O)N(C)C)c1C. The van der Waals surface area contributed by atoms with Gasteiger partial charge in [-0.25, -0.2) is 4.79 Å². The van der Waals surface area contributed by atoms with Gasteiger partial charge in [0.25, 0.3) is 11.8 Å². The van der Waals surface area contributed by atoms with Crippen LogP contribution in [0.5, 0.6) is 11.5 Å². The van der Waals surface area contributed by atoms with Gasteiger partial charge in [-0.3, -0.25) is 9.59 Å². The van der Waals surface area contributed by atoms with Crippen LogP contribution < -0.4 is 14.8 Å². The Balaban J connectivity index is 2.48. The molecule has 2 amide bonds. The number of amides is 2. The number of hydrogen-bond donors (Lipinski definition) is 1. The number of carbonyl (C=O) groups is 3. The van der Waals surface area contributed by atoms with Gasteiger partial charge in [0.1, 0.15) is 16.5 Å². The lowest BCUT2D eigenvalue weighted by Gasteiger charge is -2.11. The number of rotatable bonds is 7. The molecule has 0 unspecified atom stereocenters. The van der Waals surface area contributed by atoms with Crippen molar-refractivity contribution in [2.75, 3.05) is 40.2 Å². The third-order valence-electron chi connectivity index (χ3n) is 4.11. The second kappa shape index (κ2) is 9.42. The van der Waals surface area contributed by atoms with Crippen molar-refractivity contribution >= 4 is 34.1 Å². The van der Waals surface area contributed by atoms with E-state index in [-0.39, 0.29) is 28.6 Å². The van der Waals surface area contributed by atoms with Crippen LogP contribution in [0.4, 0.5) is 5.00 Å². The highest BCUT2D eigenvalue weighted by molar-refractivity contribution is 7.18. The van der Waals surface area contributed by atoms with E-state index in [9.17, 15) is 14.4 Å². The molecule has 2 aromatic rings. The van der Waals surface area contributed by atoms with E-state index in [1.807, 2.05) is 0 Å². The van der Waals surface area contributed by atoms with Crippen molar-refractivity contribution in [3.8, 4) is 11.5 Å². The summed E-state index contributed by atoms with van der Waals surface area (Å²) in [4.78, 5) is 39.6. The summed E-state index contributed by atoms with van der Waals surface area (Å²) in [5, 5.41) is 2.97. The topological polar surface area (TPSA) is 94.2 Å².